The van der Waals surface area contributed by atoms with E-state index in [1.807, 2.05) is 0 Å². The lowest BCUT2D eigenvalue weighted by atomic mass is 10.1. The van der Waals surface area contributed by atoms with Crippen LogP contribution < -0.4 is 20.3 Å². The van der Waals surface area contributed by atoms with Gasteiger partial charge in [0, 0.05) is 42.8 Å². The topological polar surface area (TPSA) is 73.9 Å². The van der Waals surface area contributed by atoms with Crippen molar-refractivity contribution in [1.29, 1.82) is 0 Å². The van der Waals surface area contributed by atoms with Crippen molar-refractivity contribution >= 4 is 29.1 Å². The summed E-state index contributed by atoms with van der Waals surface area (Å²) in [4.78, 5) is 28.5. The maximum absolute atomic E-state index is 13.1. The van der Waals surface area contributed by atoms with Gasteiger partial charge in [-0.2, -0.15) is 13.2 Å². The molecule has 0 atom stereocenters. The zero-order chi connectivity index (χ0) is 25.7. The van der Waals surface area contributed by atoms with Crippen molar-refractivity contribution < 1.29 is 27.5 Å². The van der Waals surface area contributed by atoms with E-state index in [0.717, 1.165) is 12.1 Å². The number of hydrogen-bond donors (Lipinski definition) is 2. The summed E-state index contributed by atoms with van der Waals surface area (Å²) in [6.07, 6.45) is -3.76. The van der Waals surface area contributed by atoms with E-state index in [9.17, 15) is 22.8 Å². The van der Waals surface area contributed by atoms with E-state index in [1.165, 1.54) is 11.0 Å². The van der Waals surface area contributed by atoms with Gasteiger partial charge in [-0.3, -0.25) is 4.90 Å². The molecule has 36 heavy (non-hydrogen) atoms. The third-order valence-corrected chi connectivity index (χ3v) is 5.70. The number of amides is 4. The van der Waals surface area contributed by atoms with Crippen molar-refractivity contribution in [3.8, 4) is 5.75 Å². The van der Waals surface area contributed by atoms with Crippen molar-refractivity contribution in [2.75, 3.05) is 35.7 Å². The number of methoxy groups -OCH3 is 1. The van der Waals surface area contributed by atoms with Gasteiger partial charge in [-0.25, -0.2) is 9.59 Å². The minimum Gasteiger partial charge on any atom is -0.497 e. The summed E-state index contributed by atoms with van der Waals surface area (Å²) in [6, 6.07) is 18.0. The van der Waals surface area contributed by atoms with E-state index >= 15 is 0 Å². The minimum absolute atomic E-state index is 0.0866. The summed E-state index contributed by atoms with van der Waals surface area (Å²) in [5, 5.41) is 5.45. The molecule has 0 unspecified atom stereocenters. The molecule has 1 saturated heterocycles. The third-order valence-electron chi connectivity index (χ3n) is 5.70. The zero-order valence-electron chi connectivity index (χ0n) is 19.5. The van der Waals surface area contributed by atoms with Crippen molar-refractivity contribution in [1.82, 2.24) is 4.90 Å². The van der Waals surface area contributed by atoms with Crippen LogP contribution >= 0.6 is 0 Å². The molecule has 1 aliphatic rings. The summed E-state index contributed by atoms with van der Waals surface area (Å²) in [6.45, 7) is 1.03. The van der Waals surface area contributed by atoms with Gasteiger partial charge in [-0.1, -0.05) is 18.2 Å². The van der Waals surface area contributed by atoms with Gasteiger partial charge >= 0.3 is 18.2 Å². The fraction of sp³-hybridized carbons (Fsp3) is 0.231. The molecule has 2 N–H and O–H groups in total. The van der Waals surface area contributed by atoms with Crippen molar-refractivity contribution in [3.05, 3.63) is 83.9 Å². The second-order valence-electron chi connectivity index (χ2n) is 8.27. The molecular formula is C26H25F3N4O3. The number of hydrogen-bond acceptors (Lipinski definition) is 3. The van der Waals surface area contributed by atoms with Crippen LogP contribution in [-0.2, 0) is 12.7 Å². The van der Waals surface area contributed by atoms with Crippen molar-refractivity contribution in [3.63, 3.8) is 0 Å². The SMILES string of the molecule is COc1cccc(NC(=O)Nc2ccc(N3CCCN(Cc4cccc(C(F)(F)F)c4)C3=O)cc2)c1. The standard InChI is InChI=1S/C26H25F3N4O3/c1-36-23-8-3-7-21(16-23)31-24(34)30-20-9-11-22(12-10-20)33-14-4-13-32(25(33)35)17-18-5-2-6-19(15-18)26(27,28)29/h2-3,5-12,15-16H,4,13-14,17H2,1H3,(H2,30,31,34). The zero-order valence-corrected chi connectivity index (χ0v) is 19.5. The first-order valence-corrected chi connectivity index (χ1v) is 11.3. The molecule has 0 saturated carbocycles. The molecule has 1 heterocycles. The van der Waals surface area contributed by atoms with Gasteiger partial charge in [0.15, 0.2) is 0 Å². The highest BCUT2D eigenvalue weighted by Crippen LogP contribution is 2.30. The smallest absolute Gasteiger partial charge is 0.416 e. The normalized spacial score (nSPS) is 13.9. The number of urea groups is 2. The Morgan fingerprint density at radius 1 is 0.944 bits per heavy atom. The van der Waals surface area contributed by atoms with Crippen molar-refractivity contribution in [2.45, 2.75) is 19.1 Å². The highest BCUT2D eigenvalue weighted by molar-refractivity contribution is 6.00. The molecule has 3 aromatic carbocycles. The van der Waals surface area contributed by atoms with Gasteiger partial charge in [0.1, 0.15) is 5.75 Å². The average Bonchev–Trinajstić information content (AvgIpc) is 2.86. The Morgan fingerprint density at radius 3 is 2.39 bits per heavy atom. The van der Waals surface area contributed by atoms with Gasteiger partial charge in [0.25, 0.3) is 0 Å². The summed E-state index contributed by atoms with van der Waals surface area (Å²) in [5.74, 6) is 0.616. The molecule has 10 heteroatoms. The number of nitrogens with zero attached hydrogens (tertiary/aromatic N) is 2. The molecule has 4 rings (SSSR count). The second kappa shape index (κ2) is 10.6. The lowest BCUT2D eigenvalue weighted by Crippen LogP contribution is -2.49. The molecule has 1 aliphatic heterocycles. The predicted molar refractivity (Wildman–Crippen MR) is 131 cm³/mol. The molecule has 1 fully saturated rings. The number of ether oxygens (including phenoxy) is 1. The van der Waals surface area contributed by atoms with E-state index in [2.05, 4.69) is 10.6 Å². The Labute approximate surface area is 206 Å². The number of anilines is 3. The summed E-state index contributed by atoms with van der Waals surface area (Å²) in [5.41, 5.74) is 1.42. The highest BCUT2D eigenvalue weighted by Gasteiger charge is 2.31. The first-order valence-electron chi connectivity index (χ1n) is 11.3. The summed E-state index contributed by atoms with van der Waals surface area (Å²) in [7, 11) is 1.54. The number of halogens is 3. The van der Waals surface area contributed by atoms with Gasteiger partial charge < -0.3 is 20.3 Å². The molecular weight excluding hydrogens is 473 g/mol. The van der Waals surface area contributed by atoms with Gasteiger partial charge in [0.05, 0.1) is 12.7 Å². The fourth-order valence-electron chi connectivity index (χ4n) is 3.95. The summed E-state index contributed by atoms with van der Waals surface area (Å²) < 4.78 is 44.2. The number of nitrogens with one attached hydrogen (secondary N) is 2. The number of benzene rings is 3. The van der Waals surface area contributed by atoms with Crippen LogP contribution in [0.3, 0.4) is 0 Å². The number of carbonyl (C=O) groups is 2. The number of rotatable bonds is 6. The maximum atomic E-state index is 13.1. The van der Waals surface area contributed by atoms with Crippen LogP contribution in [0.5, 0.6) is 5.75 Å². The predicted octanol–water partition coefficient (Wildman–Crippen LogP) is 6.19. The van der Waals surface area contributed by atoms with Crippen LogP contribution in [0.1, 0.15) is 17.5 Å². The first kappa shape index (κ1) is 24.9. The molecule has 0 radical (unpaired) electrons. The van der Waals surface area contributed by atoms with E-state index in [4.69, 9.17) is 4.74 Å². The first-order chi connectivity index (χ1) is 17.2. The summed E-state index contributed by atoms with van der Waals surface area (Å²) >= 11 is 0. The Kier molecular flexibility index (Phi) is 7.33. The van der Waals surface area contributed by atoms with Crippen molar-refractivity contribution in [2.24, 2.45) is 0 Å². The quantitative estimate of drug-likeness (QED) is 0.426. The Hall–Kier alpha value is -4.21. The van der Waals surface area contributed by atoms with Crippen LogP contribution in [0.4, 0.5) is 39.8 Å². The monoisotopic (exact) mass is 498 g/mol. The lowest BCUT2D eigenvalue weighted by molar-refractivity contribution is -0.137. The molecule has 0 aromatic heterocycles. The Morgan fingerprint density at radius 2 is 1.67 bits per heavy atom. The van der Waals surface area contributed by atoms with E-state index < -0.39 is 17.8 Å². The lowest BCUT2D eigenvalue weighted by Gasteiger charge is -2.35. The van der Waals surface area contributed by atoms with Gasteiger partial charge in [-0.15, -0.1) is 0 Å². The molecule has 188 valence electrons. The van der Waals surface area contributed by atoms with E-state index in [-0.39, 0.29) is 12.6 Å². The largest absolute Gasteiger partial charge is 0.497 e. The number of alkyl halides is 3. The van der Waals surface area contributed by atoms with Crippen LogP contribution in [0.2, 0.25) is 0 Å². The second-order valence-corrected chi connectivity index (χ2v) is 8.27. The molecule has 0 bridgehead atoms. The van der Waals surface area contributed by atoms with Crippen LogP contribution in [0, 0.1) is 0 Å². The van der Waals surface area contributed by atoms with E-state index in [1.54, 1.807) is 66.6 Å². The molecule has 0 spiro atoms. The average molecular weight is 499 g/mol. The Bertz CT molecular complexity index is 1230. The molecule has 3 aromatic rings. The fourth-order valence-corrected chi connectivity index (χ4v) is 3.95. The highest BCUT2D eigenvalue weighted by atomic mass is 19.4. The minimum atomic E-state index is -4.44. The number of carbonyl (C=O) groups excluding carboxylic acids is 2. The van der Waals surface area contributed by atoms with Gasteiger partial charge in [-0.05, 0) is 60.5 Å². The molecule has 7 nitrogen and oxygen atoms in total. The maximum Gasteiger partial charge on any atom is 0.416 e. The van der Waals surface area contributed by atoms with Crippen LogP contribution in [0.25, 0.3) is 0 Å². The van der Waals surface area contributed by atoms with Gasteiger partial charge in [0.2, 0.25) is 0 Å². The van der Waals surface area contributed by atoms with Crippen LogP contribution in [0.15, 0.2) is 72.8 Å². The molecule has 0 aliphatic carbocycles. The van der Waals surface area contributed by atoms with Crippen LogP contribution in [-0.4, -0.2) is 37.2 Å². The molecule has 4 amide bonds. The Balaban J connectivity index is 1.38. The van der Waals surface area contributed by atoms with E-state index in [0.29, 0.717) is 47.9 Å². The third kappa shape index (κ3) is 6.07.